The van der Waals surface area contributed by atoms with Crippen molar-refractivity contribution in [3.8, 4) is 11.1 Å². The highest BCUT2D eigenvalue weighted by Crippen LogP contribution is 2.33. The highest BCUT2D eigenvalue weighted by molar-refractivity contribution is 5.73. The molecule has 2 aromatic rings. The van der Waals surface area contributed by atoms with Crippen molar-refractivity contribution in [1.82, 2.24) is 0 Å². The maximum absolute atomic E-state index is 13.9. The van der Waals surface area contributed by atoms with Crippen LogP contribution in [-0.2, 0) is 16.0 Å². The quantitative estimate of drug-likeness (QED) is 0.869. The fourth-order valence-corrected chi connectivity index (χ4v) is 2.88. The number of rotatable bonds is 4. The van der Waals surface area contributed by atoms with E-state index in [0.29, 0.717) is 18.4 Å². The van der Waals surface area contributed by atoms with Crippen LogP contribution >= 0.6 is 0 Å². The molecule has 1 N–H and O–H groups in total. The first-order chi connectivity index (χ1) is 11.1. The van der Waals surface area contributed by atoms with Crippen LogP contribution in [0.15, 0.2) is 36.4 Å². The Labute approximate surface area is 133 Å². The van der Waals surface area contributed by atoms with Gasteiger partial charge in [0.25, 0.3) is 0 Å². The van der Waals surface area contributed by atoms with Gasteiger partial charge in [0, 0.05) is 23.7 Å². The average Bonchev–Trinajstić information content (AvgIpc) is 2.96. The lowest BCUT2D eigenvalue weighted by atomic mass is 10.0. The van der Waals surface area contributed by atoms with E-state index >= 15 is 0 Å². The SMILES string of the molecule is COC(=O)CCC1Cc2ccc(-c3cc(F)ccc3F)cc2N1. The Morgan fingerprint density at radius 3 is 2.87 bits per heavy atom. The van der Waals surface area contributed by atoms with E-state index in [1.54, 1.807) is 6.07 Å². The molecule has 0 saturated carbocycles. The summed E-state index contributed by atoms with van der Waals surface area (Å²) in [7, 11) is 1.37. The summed E-state index contributed by atoms with van der Waals surface area (Å²) in [6.07, 6.45) is 1.83. The van der Waals surface area contributed by atoms with Crippen molar-refractivity contribution in [2.24, 2.45) is 0 Å². The van der Waals surface area contributed by atoms with Crippen molar-refractivity contribution in [3.63, 3.8) is 0 Å². The minimum Gasteiger partial charge on any atom is -0.469 e. The molecule has 1 unspecified atom stereocenters. The van der Waals surface area contributed by atoms with Crippen LogP contribution in [0.25, 0.3) is 11.1 Å². The molecule has 1 aliphatic rings. The average molecular weight is 317 g/mol. The highest BCUT2D eigenvalue weighted by atomic mass is 19.1. The fraction of sp³-hybridized carbons (Fsp3) is 0.278. The lowest BCUT2D eigenvalue weighted by Crippen LogP contribution is -2.17. The Morgan fingerprint density at radius 2 is 2.09 bits per heavy atom. The molecule has 1 aliphatic heterocycles. The molecule has 0 fully saturated rings. The van der Waals surface area contributed by atoms with E-state index in [2.05, 4.69) is 10.1 Å². The smallest absolute Gasteiger partial charge is 0.305 e. The van der Waals surface area contributed by atoms with E-state index in [0.717, 1.165) is 29.8 Å². The van der Waals surface area contributed by atoms with E-state index in [9.17, 15) is 13.6 Å². The van der Waals surface area contributed by atoms with Crippen molar-refractivity contribution < 1.29 is 18.3 Å². The molecule has 0 amide bonds. The number of benzene rings is 2. The lowest BCUT2D eigenvalue weighted by Gasteiger charge is -2.10. The number of ether oxygens (including phenoxy) is 1. The van der Waals surface area contributed by atoms with Crippen LogP contribution in [0.3, 0.4) is 0 Å². The molecule has 0 aromatic heterocycles. The van der Waals surface area contributed by atoms with E-state index in [-0.39, 0.29) is 17.6 Å². The lowest BCUT2D eigenvalue weighted by molar-refractivity contribution is -0.140. The molecule has 0 aliphatic carbocycles. The van der Waals surface area contributed by atoms with Gasteiger partial charge >= 0.3 is 5.97 Å². The zero-order valence-electron chi connectivity index (χ0n) is 12.7. The van der Waals surface area contributed by atoms with Gasteiger partial charge in [-0.2, -0.15) is 0 Å². The van der Waals surface area contributed by atoms with Crippen molar-refractivity contribution in [1.29, 1.82) is 0 Å². The molecule has 1 atom stereocenters. The number of methoxy groups -OCH3 is 1. The highest BCUT2D eigenvalue weighted by Gasteiger charge is 2.22. The number of fused-ring (bicyclic) bond motifs is 1. The molecule has 120 valence electrons. The van der Waals surface area contributed by atoms with Gasteiger partial charge in [-0.1, -0.05) is 12.1 Å². The Kier molecular flexibility index (Phi) is 4.28. The zero-order valence-corrected chi connectivity index (χ0v) is 12.7. The third kappa shape index (κ3) is 3.33. The summed E-state index contributed by atoms with van der Waals surface area (Å²) in [6, 6.07) is 9.11. The van der Waals surface area contributed by atoms with Crippen molar-refractivity contribution in [2.45, 2.75) is 25.3 Å². The van der Waals surface area contributed by atoms with Crippen LogP contribution in [0.5, 0.6) is 0 Å². The first-order valence-corrected chi connectivity index (χ1v) is 7.48. The van der Waals surface area contributed by atoms with Gasteiger partial charge in [-0.05, 0) is 48.2 Å². The summed E-state index contributed by atoms with van der Waals surface area (Å²) < 4.78 is 31.9. The summed E-state index contributed by atoms with van der Waals surface area (Å²) in [5, 5.41) is 3.33. The third-order valence-corrected chi connectivity index (χ3v) is 4.10. The van der Waals surface area contributed by atoms with Crippen LogP contribution in [0.2, 0.25) is 0 Å². The van der Waals surface area contributed by atoms with Gasteiger partial charge in [-0.25, -0.2) is 8.78 Å². The second-order valence-corrected chi connectivity index (χ2v) is 5.66. The topological polar surface area (TPSA) is 38.3 Å². The number of halogens is 2. The largest absolute Gasteiger partial charge is 0.469 e. The van der Waals surface area contributed by atoms with Crippen molar-refractivity contribution >= 4 is 11.7 Å². The molecule has 2 aromatic carbocycles. The van der Waals surface area contributed by atoms with Crippen LogP contribution in [0.1, 0.15) is 18.4 Å². The fourth-order valence-electron chi connectivity index (χ4n) is 2.88. The number of carbonyl (C=O) groups is 1. The second-order valence-electron chi connectivity index (χ2n) is 5.66. The molecule has 3 rings (SSSR count). The molecule has 23 heavy (non-hydrogen) atoms. The van der Waals surface area contributed by atoms with Crippen LogP contribution < -0.4 is 5.32 Å². The predicted molar refractivity (Wildman–Crippen MR) is 84.2 cm³/mol. The van der Waals surface area contributed by atoms with Crippen LogP contribution in [0, 0.1) is 11.6 Å². The Balaban J connectivity index is 1.78. The minimum atomic E-state index is -0.467. The molecular formula is C18H17F2NO2. The number of hydrogen-bond acceptors (Lipinski definition) is 3. The molecule has 0 spiro atoms. The number of hydrogen-bond donors (Lipinski definition) is 1. The predicted octanol–water partition coefficient (Wildman–Crippen LogP) is 3.92. The first kappa shape index (κ1) is 15.5. The van der Waals surface area contributed by atoms with Crippen LogP contribution in [0.4, 0.5) is 14.5 Å². The number of esters is 1. The van der Waals surface area contributed by atoms with Gasteiger partial charge in [-0.15, -0.1) is 0 Å². The Hall–Kier alpha value is -2.43. The van der Waals surface area contributed by atoms with Gasteiger partial charge in [0.2, 0.25) is 0 Å². The van der Waals surface area contributed by atoms with Crippen molar-refractivity contribution in [2.75, 3.05) is 12.4 Å². The maximum atomic E-state index is 13.9. The number of nitrogens with one attached hydrogen (secondary N) is 1. The van der Waals surface area contributed by atoms with Gasteiger partial charge in [0.15, 0.2) is 0 Å². The molecule has 0 bridgehead atoms. The monoisotopic (exact) mass is 317 g/mol. The number of anilines is 1. The van der Waals surface area contributed by atoms with E-state index in [4.69, 9.17) is 0 Å². The standard InChI is InChI=1S/C18H17F2NO2/c1-23-18(22)7-5-14-8-12-3-2-11(9-17(12)21-14)15-10-13(19)4-6-16(15)20/h2-4,6,9-10,14,21H,5,7-8H2,1H3. The van der Waals surface area contributed by atoms with E-state index < -0.39 is 11.6 Å². The molecular weight excluding hydrogens is 300 g/mol. The van der Waals surface area contributed by atoms with Gasteiger partial charge < -0.3 is 10.1 Å². The number of carbonyl (C=O) groups excluding carboxylic acids is 1. The summed E-state index contributed by atoms with van der Waals surface area (Å²) >= 11 is 0. The van der Waals surface area contributed by atoms with Gasteiger partial charge in [0.05, 0.1) is 7.11 Å². The van der Waals surface area contributed by atoms with Crippen LogP contribution in [-0.4, -0.2) is 19.1 Å². The van der Waals surface area contributed by atoms with E-state index in [1.165, 1.54) is 13.2 Å². The third-order valence-electron chi connectivity index (χ3n) is 4.10. The molecule has 5 heteroatoms. The first-order valence-electron chi connectivity index (χ1n) is 7.48. The van der Waals surface area contributed by atoms with Crippen molar-refractivity contribution in [3.05, 3.63) is 53.6 Å². The summed E-state index contributed by atoms with van der Waals surface area (Å²) in [5.74, 6) is -1.15. The molecule has 0 radical (unpaired) electrons. The molecule has 0 saturated heterocycles. The zero-order chi connectivity index (χ0) is 16.4. The van der Waals surface area contributed by atoms with Gasteiger partial charge in [0.1, 0.15) is 11.6 Å². The summed E-state index contributed by atoms with van der Waals surface area (Å²) in [4.78, 5) is 11.2. The Morgan fingerprint density at radius 1 is 1.26 bits per heavy atom. The summed E-state index contributed by atoms with van der Waals surface area (Å²) in [5.41, 5.74) is 2.89. The minimum absolute atomic E-state index is 0.150. The Bertz CT molecular complexity index is 746. The normalized spacial score (nSPS) is 15.9. The van der Waals surface area contributed by atoms with Gasteiger partial charge in [-0.3, -0.25) is 4.79 Å². The molecule has 1 heterocycles. The van der Waals surface area contributed by atoms with E-state index in [1.807, 2.05) is 12.1 Å². The summed E-state index contributed by atoms with van der Waals surface area (Å²) in [6.45, 7) is 0. The maximum Gasteiger partial charge on any atom is 0.305 e. The second kappa shape index (κ2) is 6.36. The molecule has 3 nitrogen and oxygen atoms in total.